The summed E-state index contributed by atoms with van der Waals surface area (Å²) in [4.78, 5) is 18.3. The van der Waals surface area contributed by atoms with Crippen LogP contribution in [0.15, 0.2) is 11.5 Å². The van der Waals surface area contributed by atoms with E-state index in [0.717, 1.165) is 65.0 Å². The molecular weight excluding hydrogens is 392 g/mol. The van der Waals surface area contributed by atoms with E-state index >= 15 is 0 Å². The summed E-state index contributed by atoms with van der Waals surface area (Å²) >= 11 is 3.36. The molecule has 0 spiro atoms. The summed E-state index contributed by atoms with van der Waals surface area (Å²) in [5.41, 5.74) is 4.90. The smallest absolute Gasteiger partial charge is 0.321 e. The fourth-order valence-corrected chi connectivity index (χ4v) is 6.13. The van der Waals surface area contributed by atoms with Crippen molar-refractivity contribution < 1.29 is 9.25 Å². The van der Waals surface area contributed by atoms with Gasteiger partial charge in [0.1, 0.15) is 10.6 Å². The van der Waals surface area contributed by atoms with Crippen LogP contribution in [-0.2, 0) is 17.6 Å². The topological polar surface area (TPSA) is 71.0 Å². The van der Waals surface area contributed by atoms with Crippen molar-refractivity contribution in [2.45, 2.75) is 30.8 Å². The molecule has 4 aromatic heterocycles. The Hall–Kier alpha value is -1.97. The summed E-state index contributed by atoms with van der Waals surface area (Å²) in [6, 6.07) is 0. The molecule has 0 aromatic carbocycles. The predicted molar refractivity (Wildman–Crippen MR) is 112 cm³/mol. The molecule has 1 aliphatic heterocycles. The lowest BCUT2D eigenvalue weighted by atomic mass is 9.90. The summed E-state index contributed by atoms with van der Waals surface area (Å²) in [5, 5.41) is 5.38. The van der Waals surface area contributed by atoms with Gasteiger partial charge >= 0.3 is 10.8 Å². The molecule has 2 aliphatic rings. The molecule has 0 atom stereocenters. The standard InChI is InChI=1S/C19H20N6OS2/c1-27-19-22-14-13-11-4-2-3-5-12(11)16(24-6-8-26-9-7-24)23-18(13)28-15(14)17-20-10-21-25(17)19/h10H,2-9H2,1H3/p+1. The van der Waals surface area contributed by atoms with Crippen LogP contribution in [0.1, 0.15) is 24.0 Å². The minimum Gasteiger partial charge on any atom is -0.378 e. The Morgan fingerprint density at radius 1 is 1.18 bits per heavy atom. The molecule has 6 rings (SSSR count). The molecule has 28 heavy (non-hydrogen) atoms. The molecule has 5 heterocycles. The summed E-state index contributed by atoms with van der Waals surface area (Å²) in [6.07, 6.45) is 8.49. The number of aromatic nitrogens is 5. The van der Waals surface area contributed by atoms with E-state index in [4.69, 9.17) is 14.7 Å². The minimum atomic E-state index is 0.782. The number of hydrogen-bond acceptors (Lipinski definition) is 7. The van der Waals surface area contributed by atoms with Crippen LogP contribution >= 0.6 is 23.1 Å². The van der Waals surface area contributed by atoms with Gasteiger partial charge in [-0.2, -0.15) is 0 Å². The van der Waals surface area contributed by atoms with Gasteiger partial charge in [0.2, 0.25) is 0 Å². The van der Waals surface area contributed by atoms with E-state index in [1.54, 1.807) is 29.4 Å². The van der Waals surface area contributed by atoms with Crippen molar-refractivity contribution >= 4 is 55.0 Å². The van der Waals surface area contributed by atoms with Gasteiger partial charge in [0, 0.05) is 13.1 Å². The molecule has 0 radical (unpaired) electrons. The first-order valence-corrected chi connectivity index (χ1v) is 11.8. The van der Waals surface area contributed by atoms with Crippen molar-refractivity contribution in [3.8, 4) is 0 Å². The molecule has 1 saturated heterocycles. The maximum atomic E-state index is 5.57. The number of morpholine rings is 1. The lowest BCUT2D eigenvalue weighted by Crippen LogP contribution is -2.37. The van der Waals surface area contributed by atoms with Gasteiger partial charge in [0.15, 0.2) is 16.5 Å². The monoisotopic (exact) mass is 413 g/mol. The van der Waals surface area contributed by atoms with Crippen LogP contribution in [-0.4, -0.2) is 52.6 Å². The number of pyridine rings is 1. The van der Waals surface area contributed by atoms with Crippen molar-refractivity contribution in [2.24, 2.45) is 0 Å². The van der Waals surface area contributed by atoms with Gasteiger partial charge in [0.25, 0.3) is 0 Å². The summed E-state index contributed by atoms with van der Waals surface area (Å²) in [5.74, 6) is 1.17. The van der Waals surface area contributed by atoms with E-state index in [0.29, 0.717) is 0 Å². The number of thioether (sulfide) groups is 1. The van der Waals surface area contributed by atoms with Crippen LogP contribution < -0.4 is 9.42 Å². The Morgan fingerprint density at radius 2 is 2.00 bits per heavy atom. The quantitative estimate of drug-likeness (QED) is 0.310. The molecule has 0 bridgehead atoms. The van der Waals surface area contributed by atoms with Crippen molar-refractivity contribution in [1.29, 1.82) is 0 Å². The average molecular weight is 414 g/mol. The van der Waals surface area contributed by atoms with E-state index in [1.807, 2.05) is 4.52 Å². The number of H-pyrrole nitrogens is 1. The molecule has 0 unspecified atom stereocenters. The Balaban J connectivity index is 1.70. The second-order valence-corrected chi connectivity index (χ2v) is 9.08. The highest BCUT2D eigenvalue weighted by Gasteiger charge is 2.29. The third-order valence-electron chi connectivity index (χ3n) is 5.79. The van der Waals surface area contributed by atoms with Crippen LogP contribution in [0.4, 0.5) is 5.82 Å². The normalized spacial score (nSPS) is 17.7. The number of aromatic amines is 1. The highest BCUT2D eigenvalue weighted by Crippen LogP contribution is 2.42. The van der Waals surface area contributed by atoms with Gasteiger partial charge in [-0.25, -0.2) is 10.1 Å². The Bertz CT molecular complexity index is 1210. The van der Waals surface area contributed by atoms with Crippen LogP contribution in [0.3, 0.4) is 0 Å². The third-order valence-corrected chi connectivity index (χ3v) is 7.50. The SMILES string of the molecule is CSc1nc2c(sc3nc(N4CCOCC4)c4c(c32)CCCC4)c2nc[nH][n+]12. The van der Waals surface area contributed by atoms with E-state index < -0.39 is 0 Å². The highest BCUT2D eigenvalue weighted by molar-refractivity contribution is 7.98. The van der Waals surface area contributed by atoms with E-state index in [9.17, 15) is 0 Å². The molecule has 7 nitrogen and oxygen atoms in total. The number of anilines is 1. The number of aryl methyl sites for hydroxylation is 1. The number of thiophene rings is 1. The number of nitrogens with zero attached hydrogens (tertiary/aromatic N) is 5. The molecule has 0 saturated carbocycles. The number of rotatable bonds is 2. The van der Waals surface area contributed by atoms with Crippen LogP contribution in [0, 0.1) is 0 Å². The zero-order chi connectivity index (χ0) is 18.7. The predicted octanol–water partition coefficient (Wildman–Crippen LogP) is 2.74. The van der Waals surface area contributed by atoms with Crippen LogP contribution in [0.25, 0.3) is 26.1 Å². The molecule has 1 fully saturated rings. The Morgan fingerprint density at radius 3 is 2.82 bits per heavy atom. The summed E-state index contributed by atoms with van der Waals surface area (Å²) in [7, 11) is 0. The van der Waals surface area contributed by atoms with Gasteiger partial charge in [-0.15, -0.1) is 15.9 Å². The highest BCUT2D eigenvalue weighted by atomic mass is 32.2. The number of nitrogens with one attached hydrogen (secondary N) is 1. The number of fused-ring (bicyclic) bond motifs is 7. The lowest BCUT2D eigenvalue weighted by Gasteiger charge is -2.31. The zero-order valence-corrected chi connectivity index (χ0v) is 17.3. The first-order chi connectivity index (χ1) is 13.8. The van der Waals surface area contributed by atoms with Crippen molar-refractivity contribution in [3.05, 3.63) is 17.5 Å². The molecule has 144 valence electrons. The molecule has 1 aliphatic carbocycles. The molecule has 9 heteroatoms. The molecular formula is C19H21N6OS2+. The average Bonchev–Trinajstić information content (AvgIpc) is 3.37. The van der Waals surface area contributed by atoms with E-state index in [2.05, 4.69) is 21.2 Å². The zero-order valence-electron chi connectivity index (χ0n) is 15.7. The maximum absolute atomic E-state index is 5.57. The molecule has 4 aromatic rings. The van der Waals surface area contributed by atoms with Crippen molar-refractivity contribution in [1.82, 2.24) is 20.1 Å². The number of hydrogen-bond donors (Lipinski definition) is 1. The van der Waals surface area contributed by atoms with E-state index in [1.165, 1.54) is 35.2 Å². The van der Waals surface area contributed by atoms with Gasteiger partial charge in [0.05, 0.1) is 18.6 Å². The summed E-state index contributed by atoms with van der Waals surface area (Å²) < 4.78 is 8.66. The molecule has 0 amide bonds. The minimum absolute atomic E-state index is 0.782. The second kappa shape index (κ2) is 6.53. The third kappa shape index (κ3) is 2.39. The summed E-state index contributed by atoms with van der Waals surface area (Å²) in [6.45, 7) is 3.41. The fourth-order valence-electron chi connectivity index (χ4n) is 4.50. The molecule has 1 N–H and O–H groups in total. The van der Waals surface area contributed by atoms with Crippen LogP contribution in [0.2, 0.25) is 0 Å². The largest absolute Gasteiger partial charge is 0.378 e. The fraction of sp³-hybridized carbons (Fsp3) is 0.474. The first kappa shape index (κ1) is 16.9. The van der Waals surface area contributed by atoms with Gasteiger partial charge in [-0.1, -0.05) is 21.7 Å². The lowest BCUT2D eigenvalue weighted by molar-refractivity contribution is -0.621. The maximum Gasteiger partial charge on any atom is 0.321 e. The van der Waals surface area contributed by atoms with E-state index in [-0.39, 0.29) is 0 Å². The number of ether oxygens (including phenoxy) is 1. The second-order valence-electron chi connectivity index (χ2n) is 7.30. The Kier molecular flexibility index (Phi) is 3.95. The van der Waals surface area contributed by atoms with Gasteiger partial charge in [-0.05, 0) is 43.1 Å². The van der Waals surface area contributed by atoms with Crippen molar-refractivity contribution in [3.63, 3.8) is 0 Å². The van der Waals surface area contributed by atoms with Gasteiger partial charge in [-0.3, -0.25) is 0 Å². The first-order valence-electron chi connectivity index (χ1n) is 9.75. The Labute approximate surface area is 170 Å². The van der Waals surface area contributed by atoms with Crippen molar-refractivity contribution in [2.75, 3.05) is 37.5 Å². The van der Waals surface area contributed by atoms with Gasteiger partial charge < -0.3 is 9.64 Å². The van der Waals surface area contributed by atoms with Crippen LogP contribution in [0.5, 0.6) is 0 Å².